The minimum atomic E-state index is -0.433. The Morgan fingerprint density at radius 3 is 2.75 bits per heavy atom. The molecule has 0 saturated carbocycles. The zero-order valence-electron chi connectivity index (χ0n) is 11.0. The summed E-state index contributed by atoms with van der Waals surface area (Å²) < 4.78 is 18.5. The normalized spacial score (nSPS) is 10.1. The summed E-state index contributed by atoms with van der Waals surface area (Å²) >= 11 is 0. The molecule has 0 saturated heterocycles. The first-order valence-corrected chi connectivity index (χ1v) is 6.20. The van der Waals surface area contributed by atoms with Crippen LogP contribution in [0.5, 0.6) is 5.75 Å². The number of anilines is 2. The maximum Gasteiger partial charge on any atom is 0.261 e. The molecule has 2 aromatic carbocycles. The number of nitrogens with two attached hydrogens (primary N) is 1. The summed E-state index contributed by atoms with van der Waals surface area (Å²) in [5.74, 6) is -0.451. The predicted molar refractivity (Wildman–Crippen MR) is 76.4 cm³/mol. The van der Waals surface area contributed by atoms with Crippen molar-refractivity contribution in [2.24, 2.45) is 0 Å². The molecular weight excluding hydrogens is 259 g/mol. The number of hydrogen-bond donors (Lipinski definition) is 2. The minimum absolute atomic E-state index is 0.249. The fourth-order valence-electron chi connectivity index (χ4n) is 1.83. The second kappa shape index (κ2) is 6.06. The van der Waals surface area contributed by atoms with E-state index >= 15 is 0 Å². The van der Waals surface area contributed by atoms with E-state index < -0.39 is 11.7 Å². The highest BCUT2D eigenvalue weighted by molar-refractivity contribution is 6.09. The maximum absolute atomic E-state index is 13.1. The van der Waals surface area contributed by atoms with E-state index in [4.69, 9.17) is 10.5 Å². The van der Waals surface area contributed by atoms with Crippen LogP contribution in [0.25, 0.3) is 0 Å². The van der Waals surface area contributed by atoms with Gasteiger partial charge in [0, 0.05) is 11.4 Å². The second-order valence-corrected chi connectivity index (χ2v) is 4.12. The Hall–Kier alpha value is -2.56. The van der Waals surface area contributed by atoms with Gasteiger partial charge in [-0.05, 0) is 37.3 Å². The molecule has 0 radical (unpaired) electrons. The zero-order valence-corrected chi connectivity index (χ0v) is 11.0. The van der Waals surface area contributed by atoms with E-state index in [2.05, 4.69) is 5.32 Å². The van der Waals surface area contributed by atoms with Gasteiger partial charge in [0.05, 0.1) is 6.61 Å². The molecule has 20 heavy (non-hydrogen) atoms. The Morgan fingerprint density at radius 2 is 2.05 bits per heavy atom. The van der Waals surface area contributed by atoms with Gasteiger partial charge in [-0.2, -0.15) is 0 Å². The molecule has 0 unspecified atom stereocenters. The van der Waals surface area contributed by atoms with Gasteiger partial charge in [0.2, 0.25) is 0 Å². The van der Waals surface area contributed by atoms with Gasteiger partial charge in [0.25, 0.3) is 5.91 Å². The summed E-state index contributed by atoms with van der Waals surface area (Å²) in [4.78, 5) is 12.2. The standard InChI is InChI=1S/C15H15FN2O2/c1-2-20-13-8-4-7-12(17)14(13)15(19)18-11-6-3-5-10(16)9-11/h3-9H,2,17H2,1H3,(H,18,19). The van der Waals surface area contributed by atoms with Crippen molar-refractivity contribution in [1.29, 1.82) is 0 Å². The topological polar surface area (TPSA) is 64.3 Å². The first-order valence-electron chi connectivity index (χ1n) is 6.20. The summed E-state index contributed by atoms with van der Waals surface area (Å²) in [5, 5.41) is 2.60. The first-order chi connectivity index (χ1) is 9.61. The average molecular weight is 274 g/mol. The second-order valence-electron chi connectivity index (χ2n) is 4.12. The molecule has 2 aromatic rings. The van der Waals surface area contributed by atoms with Gasteiger partial charge < -0.3 is 15.8 Å². The van der Waals surface area contributed by atoms with Crippen molar-refractivity contribution in [2.45, 2.75) is 6.92 Å². The molecule has 4 nitrogen and oxygen atoms in total. The average Bonchev–Trinajstić information content (AvgIpc) is 2.39. The highest BCUT2D eigenvalue weighted by Gasteiger charge is 2.16. The number of nitrogens with one attached hydrogen (secondary N) is 1. The molecule has 104 valence electrons. The predicted octanol–water partition coefficient (Wildman–Crippen LogP) is 3.06. The first kappa shape index (κ1) is 13.9. The summed E-state index contributed by atoms with van der Waals surface area (Å²) in [6.45, 7) is 2.24. The quantitative estimate of drug-likeness (QED) is 0.842. The van der Waals surface area contributed by atoms with Crippen molar-refractivity contribution in [1.82, 2.24) is 0 Å². The Morgan fingerprint density at radius 1 is 1.30 bits per heavy atom. The summed E-state index contributed by atoms with van der Waals surface area (Å²) in [7, 11) is 0. The fraction of sp³-hybridized carbons (Fsp3) is 0.133. The van der Waals surface area contributed by atoms with Crippen LogP contribution in [-0.4, -0.2) is 12.5 Å². The molecule has 0 bridgehead atoms. The molecule has 0 aliphatic carbocycles. The molecule has 2 rings (SSSR count). The van der Waals surface area contributed by atoms with E-state index in [1.54, 1.807) is 24.3 Å². The lowest BCUT2D eigenvalue weighted by Crippen LogP contribution is -2.16. The molecule has 0 heterocycles. The van der Waals surface area contributed by atoms with Gasteiger partial charge in [0.15, 0.2) is 0 Å². The van der Waals surface area contributed by atoms with Crippen LogP contribution < -0.4 is 15.8 Å². The van der Waals surface area contributed by atoms with Crippen molar-refractivity contribution in [3.8, 4) is 5.75 Å². The molecule has 0 atom stereocenters. The third-order valence-electron chi connectivity index (χ3n) is 2.67. The van der Waals surface area contributed by atoms with E-state index in [1.165, 1.54) is 18.2 Å². The van der Waals surface area contributed by atoms with E-state index in [9.17, 15) is 9.18 Å². The Balaban J connectivity index is 2.29. The summed E-state index contributed by atoms with van der Waals surface area (Å²) in [5.41, 5.74) is 6.74. The van der Waals surface area contributed by atoms with Gasteiger partial charge in [-0.25, -0.2) is 4.39 Å². The van der Waals surface area contributed by atoms with Gasteiger partial charge in [-0.15, -0.1) is 0 Å². The fourth-order valence-corrected chi connectivity index (χ4v) is 1.83. The maximum atomic E-state index is 13.1. The van der Waals surface area contributed by atoms with Crippen molar-refractivity contribution in [3.05, 3.63) is 53.8 Å². The van der Waals surface area contributed by atoms with Crippen molar-refractivity contribution in [2.75, 3.05) is 17.7 Å². The molecule has 0 spiro atoms. The molecule has 0 fully saturated rings. The van der Waals surface area contributed by atoms with E-state index in [-0.39, 0.29) is 5.56 Å². The number of halogens is 1. The number of ether oxygens (including phenoxy) is 1. The number of hydrogen-bond acceptors (Lipinski definition) is 3. The Bertz CT molecular complexity index is 629. The van der Waals surface area contributed by atoms with Crippen LogP contribution in [0.4, 0.5) is 15.8 Å². The van der Waals surface area contributed by atoms with E-state index in [0.717, 1.165) is 0 Å². The van der Waals surface area contributed by atoms with Crippen LogP contribution in [0.3, 0.4) is 0 Å². The molecule has 0 aliphatic rings. The van der Waals surface area contributed by atoms with Crippen LogP contribution in [0.2, 0.25) is 0 Å². The lowest BCUT2D eigenvalue weighted by Gasteiger charge is -2.12. The van der Waals surface area contributed by atoms with E-state index in [1.807, 2.05) is 6.92 Å². The third kappa shape index (κ3) is 3.06. The van der Waals surface area contributed by atoms with Gasteiger partial charge in [-0.1, -0.05) is 12.1 Å². The van der Waals surface area contributed by atoms with Gasteiger partial charge >= 0.3 is 0 Å². The van der Waals surface area contributed by atoms with Crippen LogP contribution in [-0.2, 0) is 0 Å². The van der Waals surface area contributed by atoms with Crippen molar-refractivity contribution >= 4 is 17.3 Å². The Labute approximate surface area is 116 Å². The van der Waals surface area contributed by atoms with Crippen molar-refractivity contribution < 1.29 is 13.9 Å². The number of carbonyl (C=O) groups is 1. The largest absolute Gasteiger partial charge is 0.493 e. The minimum Gasteiger partial charge on any atom is -0.493 e. The van der Waals surface area contributed by atoms with Crippen LogP contribution in [0.15, 0.2) is 42.5 Å². The number of amides is 1. The molecular formula is C15H15FN2O2. The molecule has 3 N–H and O–H groups in total. The summed E-state index contributed by atoms with van der Waals surface area (Å²) in [6, 6.07) is 10.6. The van der Waals surface area contributed by atoms with Gasteiger partial charge in [0.1, 0.15) is 17.1 Å². The number of benzene rings is 2. The molecule has 0 aliphatic heterocycles. The SMILES string of the molecule is CCOc1cccc(N)c1C(=O)Nc1cccc(F)c1. The lowest BCUT2D eigenvalue weighted by molar-refractivity contribution is 0.102. The van der Waals surface area contributed by atoms with E-state index in [0.29, 0.717) is 23.7 Å². The van der Waals surface area contributed by atoms with Gasteiger partial charge in [-0.3, -0.25) is 4.79 Å². The van der Waals surface area contributed by atoms with Crippen LogP contribution in [0, 0.1) is 5.82 Å². The molecule has 1 amide bonds. The highest BCUT2D eigenvalue weighted by Crippen LogP contribution is 2.25. The number of carbonyl (C=O) groups excluding carboxylic acids is 1. The zero-order chi connectivity index (χ0) is 14.5. The molecule has 0 aromatic heterocycles. The number of nitrogen functional groups attached to an aromatic ring is 1. The molecule has 5 heteroatoms. The Kier molecular flexibility index (Phi) is 4.20. The summed E-state index contributed by atoms with van der Waals surface area (Å²) in [6.07, 6.45) is 0. The monoisotopic (exact) mass is 274 g/mol. The van der Waals surface area contributed by atoms with Crippen LogP contribution in [0.1, 0.15) is 17.3 Å². The van der Waals surface area contributed by atoms with Crippen LogP contribution >= 0.6 is 0 Å². The number of rotatable bonds is 4. The third-order valence-corrected chi connectivity index (χ3v) is 2.67. The smallest absolute Gasteiger partial charge is 0.261 e. The van der Waals surface area contributed by atoms with Crippen molar-refractivity contribution in [3.63, 3.8) is 0 Å². The lowest BCUT2D eigenvalue weighted by atomic mass is 10.1. The highest BCUT2D eigenvalue weighted by atomic mass is 19.1.